The Labute approximate surface area is 152 Å². The molecule has 2 unspecified atom stereocenters. The van der Waals surface area contributed by atoms with Gasteiger partial charge in [-0.25, -0.2) is 4.39 Å². The minimum absolute atomic E-state index is 0.125. The largest absolute Gasteiger partial charge is 0.352 e. The van der Waals surface area contributed by atoms with Gasteiger partial charge in [0.15, 0.2) is 0 Å². The second kappa shape index (κ2) is 7.68. The number of anilines is 1. The molecule has 0 heterocycles. The molecule has 26 heavy (non-hydrogen) atoms. The van der Waals surface area contributed by atoms with Gasteiger partial charge < -0.3 is 10.6 Å². The number of hydrogen-bond donors (Lipinski definition) is 2. The number of hydrogen-bond acceptors (Lipinski definition) is 2. The molecule has 0 aliphatic heterocycles. The molecule has 1 saturated carbocycles. The van der Waals surface area contributed by atoms with E-state index in [9.17, 15) is 14.0 Å². The van der Waals surface area contributed by atoms with Gasteiger partial charge in [-0.3, -0.25) is 9.59 Å². The summed E-state index contributed by atoms with van der Waals surface area (Å²) in [6.45, 7) is 4.13. The van der Waals surface area contributed by atoms with Crippen molar-refractivity contribution in [3.05, 3.63) is 65.0 Å². The van der Waals surface area contributed by atoms with Crippen LogP contribution in [0.2, 0.25) is 0 Å². The number of nitrogens with one attached hydrogen (secondary N) is 2. The van der Waals surface area contributed by atoms with Crippen molar-refractivity contribution in [2.24, 2.45) is 11.8 Å². The van der Waals surface area contributed by atoms with E-state index in [4.69, 9.17) is 0 Å². The molecule has 3 rings (SSSR count). The number of benzene rings is 2. The highest BCUT2D eigenvalue weighted by Crippen LogP contribution is 2.40. The van der Waals surface area contributed by atoms with Crippen LogP contribution in [0.25, 0.3) is 0 Å². The van der Waals surface area contributed by atoms with Gasteiger partial charge in [0.1, 0.15) is 5.82 Å². The van der Waals surface area contributed by atoms with Crippen LogP contribution in [-0.2, 0) is 22.6 Å². The van der Waals surface area contributed by atoms with Crippen molar-refractivity contribution < 1.29 is 14.0 Å². The summed E-state index contributed by atoms with van der Waals surface area (Å²) in [4.78, 5) is 24.7. The van der Waals surface area contributed by atoms with E-state index >= 15 is 0 Å². The van der Waals surface area contributed by atoms with E-state index in [1.165, 1.54) is 6.07 Å². The quantitative estimate of drug-likeness (QED) is 0.833. The van der Waals surface area contributed by atoms with Gasteiger partial charge in [0, 0.05) is 17.8 Å². The molecule has 0 saturated heterocycles. The fourth-order valence-electron chi connectivity index (χ4n) is 3.15. The zero-order valence-corrected chi connectivity index (χ0v) is 15.0. The third kappa shape index (κ3) is 3.93. The highest BCUT2D eigenvalue weighted by Gasteiger charge is 2.48. The van der Waals surface area contributed by atoms with Crippen molar-refractivity contribution in [1.82, 2.24) is 5.32 Å². The lowest BCUT2D eigenvalue weighted by Gasteiger charge is -2.13. The highest BCUT2D eigenvalue weighted by molar-refractivity contribution is 6.00. The van der Waals surface area contributed by atoms with Crippen molar-refractivity contribution >= 4 is 17.5 Å². The van der Waals surface area contributed by atoms with E-state index in [0.717, 1.165) is 23.2 Å². The van der Waals surface area contributed by atoms with Crippen molar-refractivity contribution in [2.45, 2.75) is 33.2 Å². The molecule has 2 N–H and O–H groups in total. The Balaban J connectivity index is 1.56. The first-order valence-electron chi connectivity index (χ1n) is 8.91. The van der Waals surface area contributed by atoms with E-state index in [1.54, 1.807) is 18.2 Å². The molecule has 4 nitrogen and oxygen atoms in total. The van der Waals surface area contributed by atoms with Crippen LogP contribution in [0.15, 0.2) is 42.5 Å². The molecule has 136 valence electrons. The molecule has 5 heteroatoms. The van der Waals surface area contributed by atoms with E-state index in [1.807, 2.05) is 32.0 Å². The van der Waals surface area contributed by atoms with Gasteiger partial charge in [-0.1, -0.05) is 43.3 Å². The second-order valence-corrected chi connectivity index (χ2v) is 6.71. The lowest BCUT2D eigenvalue weighted by molar-refractivity contribution is -0.125. The SMILES string of the molecule is CCc1cccc(C)c1NC(=O)C1CC1C(=O)NCc1ccccc1F. The summed E-state index contributed by atoms with van der Waals surface area (Å²) < 4.78 is 13.6. The molecule has 2 aromatic carbocycles. The Bertz CT molecular complexity index is 835. The zero-order chi connectivity index (χ0) is 18.7. The number of rotatable bonds is 6. The van der Waals surface area contributed by atoms with Crippen LogP contribution in [0.5, 0.6) is 0 Å². The normalized spacial score (nSPS) is 18.3. The summed E-state index contributed by atoms with van der Waals surface area (Å²) >= 11 is 0. The molecule has 0 spiro atoms. The second-order valence-electron chi connectivity index (χ2n) is 6.71. The number of carbonyl (C=O) groups is 2. The molecule has 0 aromatic heterocycles. The minimum Gasteiger partial charge on any atom is -0.352 e. The fraction of sp³-hybridized carbons (Fsp3) is 0.333. The lowest BCUT2D eigenvalue weighted by Crippen LogP contribution is -2.27. The van der Waals surface area contributed by atoms with Crippen LogP contribution in [-0.4, -0.2) is 11.8 Å². The van der Waals surface area contributed by atoms with Gasteiger partial charge in [-0.15, -0.1) is 0 Å². The maximum Gasteiger partial charge on any atom is 0.228 e. The first-order valence-corrected chi connectivity index (χ1v) is 8.91. The maximum absolute atomic E-state index is 13.6. The van der Waals surface area contributed by atoms with Crippen LogP contribution in [0.1, 0.15) is 30.0 Å². The van der Waals surface area contributed by atoms with Gasteiger partial charge in [0.05, 0.1) is 11.8 Å². The molecule has 2 atom stereocenters. The molecule has 0 bridgehead atoms. The number of aryl methyl sites for hydroxylation is 2. The first-order chi connectivity index (χ1) is 12.5. The lowest BCUT2D eigenvalue weighted by atomic mass is 10.1. The highest BCUT2D eigenvalue weighted by atomic mass is 19.1. The number of carbonyl (C=O) groups excluding carboxylic acids is 2. The summed E-state index contributed by atoms with van der Waals surface area (Å²) in [6, 6.07) is 12.3. The third-order valence-corrected chi connectivity index (χ3v) is 4.86. The summed E-state index contributed by atoms with van der Waals surface area (Å²) in [5, 5.41) is 5.71. The van der Waals surface area contributed by atoms with E-state index in [0.29, 0.717) is 12.0 Å². The molecule has 2 amide bonds. The van der Waals surface area contributed by atoms with Gasteiger partial charge in [-0.2, -0.15) is 0 Å². The van der Waals surface area contributed by atoms with Crippen molar-refractivity contribution in [2.75, 3.05) is 5.32 Å². The standard InChI is InChI=1S/C21H23FN2O2/c1-3-14-9-6-7-13(2)19(14)24-21(26)17-11-16(17)20(25)23-12-15-8-4-5-10-18(15)22/h4-10,16-17H,3,11-12H2,1-2H3,(H,23,25)(H,24,26). The summed E-state index contributed by atoms with van der Waals surface area (Å²) in [5.74, 6) is -1.32. The molecule has 2 aromatic rings. The number of halogens is 1. The number of amides is 2. The summed E-state index contributed by atoms with van der Waals surface area (Å²) in [6.07, 6.45) is 1.36. The van der Waals surface area contributed by atoms with Crippen LogP contribution < -0.4 is 10.6 Å². The Morgan fingerprint density at radius 1 is 1.04 bits per heavy atom. The van der Waals surface area contributed by atoms with E-state index < -0.39 is 0 Å². The van der Waals surface area contributed by atoms with Crippen LogP contribution >= 0.6 is 0 Å². The topological polar surface area (TPSA) is 58.2 Å². The molecular weight excluding hydrogens is 331 g/mol. The Hall–Kier alpha value is -2.69. The van der Waals surface area contributed by atoms with Gasteiger partial charge in [0.2, 0.25) is 11.8 Å². The number of para-hydroxylation sites is 1. The van der Waals surface area contributed by atoms with Crippen LogP contribution in [0.3, 0.4) is 0 Å². The molecule has 1 aliphatic carbocycles. The van der Waals surface area contributed by atoms with E-state index in [2.05, 4.69) is 10.6 Å². The predicted octanol–water partition coefficient (Wildman–Crippen LogP) is 3.59. The molecular formula is C21H23FN2O2. The Morgan fingerprint density at radius 2 is 1.73 bits per heavy atom. The van der Waals surface area contributed by atoms with Crippen molar-refractivity contribution in [1.29, 1.82) is 0 Å². The van der Waals surface area contributed by atoms with Crippen LogP contribution in [0, 0.1) is 24.6 Å². The van der Waals surface area contributed by atoms with E-state index in [-0.39, 0.29) is 36.0 Å². The summed E-state index contributed by atoms with van der Waals surface area (Å²) in [5.41, 5.74) is 3.38. The molecule has 1 aliphatic rings. The Morgan fingerprint density at radius 3 is 2.46 bits per heavy atom. The maximum atomic E-state index is 13.6. The van der Waals surface area contributed by atoms with Gasteiger partial charge >= 0.3 is 0 Å². The zero-order valence-electron chi connectivity index (χ0n) is 15.0. The average molecular weight is 354 g/mol. The molecule has 0 radical (unpaired) electrons. The third-order valence-electron chi connectivity index (χ3n) is 4.86. The minimum atomic E-state index is -0.343. The van der Waals surface area contributed by atoms with Gasteiger partial charge in [0.25, 0.3) is 0 Å². The van der Waals surface area contributed by atoms with Gasteiger partial charge in [-0.05, 0) is 37.0 Å². The predicted molar refractivity (Wildman–Crippen MR) is 99.0 cm³/mol. The first kappa shape index (κ1) is 18.1. The van der Waals surface area contributed by atoms with Crippen molar-refractivity contribution in [3.63, 3.8) is 0 Å². The smallest absolute Gasteiger partial charge is 0.228 e. The fourth-order valence-corrected chi connectivity index (χ4v) is 3.15. The Kier molecular flexibility index (Phi) is 5.35. The monoisotopic (exact) mass is 354 g/mol. The molecule has 1 fully saturated rings. The van der Waals surface area contributed by atoms with Crippen molar-refractivity contribution in [3.8, 4) is 0 Å². The average Bonchev–Trinajstić information content (AvgIpc) is 3.43. The summed E-state index contributed by atoms with van der Waals surface area (Å²) in [7, 11) is 0. The van der Waals surface area contributed by atoms with Crippen LogP contribution in [0.4, 0.5) is 10.1 Å².